The lowest BCUT2D eigenvalue weighted by molar-refractivity contribution is 0.317. The molecule has 0 radical (unpaired) electrons. The van der Waals surface area contributed by atoms with E-state index in [1.165, 1.54) is 12.1 Å². The van der Waals surface area contributed by atoms with Gasteiger partial charge in [0.05, 0.1) is 11.6 Å². The van der Waals surface area contributed by atoms with Crippen LogP contribution in [0.1, 0.15) is 13.3 Å². The zero-order valence-electron chi connectivity index (χ0n) is 6.81. The largest absolute Gasteiger partial charge is 0.494 e. The second-order valence-electron chi connectivity index (χ2n) is 2.42. The van der Waals surface area contributed by atoms with Gasteiger partial charge in [-0.05, 0) is 18.6 Å². The minimum absolute atomic E-state index is 0.101. The average molecular weight is 189 g/mol. The van der Waals surface area contributed by atoms with Crippen molar-refractivity contribution in [2.75, 3.05) is 6.61 Å². The lowest BCUT2D eigenvalue weighted by atomic mass is 10.3. The molecule has 0 atom stereocenters. The molecule has 1 aromatic rings. The smallest absolute Gasteiger partial charge is 0.142 e. The van der Waals surface area contributed by atoms with Crippen LogP contribution >= 0.6 is 11.6 Å². The van der Waals surface area contributed by atoms with Gasteiger partial charge in [0, 0.05) is 6.07 Å². The van der Waals surface area contributed by atoms with Gasteiger partial charge >= 0.3 is 0 Å². The summed E-state index contributed by atoms with van der Waals surface area (Å²) >= 11 is 5.54. The lowest BCUT2D eigenvalue weighted by Gasteiger charge is -2.04. The molecular weight excluding hydrogens is 179 g/mol. The maximum atomic E-state index is 12.6. The van der Waals surface area contributed by atoms with Crippen LogP contribution < -0.4 is 4.74 Å². The summed E-state index contributed by atoms with van der Waals surface area (Å²) in [6.07, 6.45) is 0.926. The summed E-state index contributed by atoms with van der Waals surface area (Å²) in [5, 5.41) is 0.101. The molecule has 0 amide bonds. The zero-order valence-corrected chi connectivity index (χ0v) is 7.57. The topological polar surface area (TPSA) is 9.23 Å². The van der Waals surface area contributed by atoms with E-state index in [0.717, 1.165) is 6.42 Å². The Hall–Kier alpha value is -0.760. The van der Waals surface area contributed by atoms with Crippen molar-refractivity contribution in [3.05, 3.63) is 29.0 Å². The van der Waals surface area contributed by atoms with E-state index in [2.05, 4.69) is 0 Å². The van der Waals surface area contributed by atoms with Gasteiger partial charge in [0.2, 0.25) is 0 Å². The van der Waals surface area contributed by atoms with Crippen molar-refractivity contribution in [3.63, 3.8) is 0 Å². The second kappa shape index (κ2) is 4.31. The number of rotatable bonds is 3. The summed E-state index contributed by atoms with van der Waals surface area (Å²) in [7, 11) is 0. The summed E-state index contributed by atoms with van der Waals surface area (Å²) in [6, 6.07) is 4.34. The third-order valence-corrected chi connectivity index (χ3v) is 1.65. The molecule has 1 nitrogen and oxygen atoms in total. The highest BCUT2D eigenvalue weighted by Crippen LogP contribution is 2.20. The molecule has 0 aromatic heterocycles. The van der Waals surface area contributed by atoms with Crippen LogP contribution in [0, 0.1) is 5.82 Å². The number of hydrogen-bond acceptors (Lipinski definition) is 1. The van der Waals surface area contributed by atoms with Crippen LogP contribution in [0.3, 0.4) is 0 Å². The standard InChI is InChI=1S/C9H10ClFO/c1-2-5-12-7-3-4-9(11)8(10)6-7/h3-4,6H,2,5H2,1H3. The molecule has 0 N–H and O–H groups in total. The number of hydrogen-bond donors (Lipinski definition) is 0. The fourth-order valence-corrected chi connectivity index (χ4v) is 0.957. The van der Waals surface area contributed by atoms with Gasteiger partial charge in [-0.25, -0.2) is 4.39 Å². The number of halogens is 2. The fourth-order valence-electron chi connectivity index (χ4n) is 0.787. The molecule has 0 aliphatic rings. The Kier molecular flexibility index (Phi) is 3.35. The van der Waals surface area contributed by atoms with Crippen molar-refractivity contribution in [3.8, 4) is 5.75 Å². The van der Waals surface area contributed by atoms with Crippen LogP contribution in [0.4, 0.5) is 4.39 Å². The normalized spacial score (nSPS) is 9.92. The molecule has 0 saturated heterocycles. The first-order valence-electron chi connectivity index (χ1n) is 3.82. The third kappa shape index (κ3) is 2.38. The van der Waals surface area contributed by atoms with Gasteiger partial charge in [-0.1, -0.05) is 18.5 Å². The Morgan fingerprint density at radius 2 is 2.25 bits per heavy atom. The van der Waals surface area contributed by atoms with Crippen LogP contribution in [0.5, 0.6) is 5.75 Å². The van der Waals surface area contributed by atoms with E-state index in [4.69, 9.17) is 16.3 Å². The summed E-state index contributed by atoms with van der Waals surface area (Å²) in [4.78, 5) is 0. The van der Waals surface area contributed by atoms with Crippen LogP contribution in [0.25, 0.3) is 0 Å². The molecule has 1 aromatic carbocycles. The maximum absolute atomic E-state index is 12.6. The molecule has 12 heavy (non-hydrogen) atoms. The molecule has 66 valence electrons. The molecule has 0 spiro atoms. The first-order valence-corrected chi connectivity index (χ1v) is 4.19. The fraction of sp³-hybridized carbons (Fsp3) is 0.333. The van der Waals surface area contributed by atoms with Gasteiger partial charge in [0.15, 0.2) is 0 Å². The lowest BCUT2D eigenvalue weighted by Crippen LogP contribution is -1.94. The SMILES string of the molecule is CCCOc1ccc(F)c(Cl)c1. The van der Waals surface area contributed by atoms with Gasteiger partial charge < -0.3 is 4.74 Å². The third-order valence-electron chi connectivity index (χ3n) is 1.36. The Morgan fingerprint density at radius 1 is 1.50 bits per heavy atom. The molecule has 0 fully saturated rings. The average Bonchev–Trinajstić information content (AvgIpc) is 2.07. The quantitative estimate of drug-likeness (QED) is 0.708. The zero-order chi connectivity index (χ0) is 8.97. The van der Waals surface area contributed by atoms with Crippen LogP contribution in [0.2, 0.25) is 5.02 Å². The maximum Gasteiger partial charge on any atom is 0.142 e. The molecule has 3 heteroatoms. The van der Waals surface area contributed by atoms with Crippen molar-refractivity contribution in [2.45, 2.75) is 13.3 Å². The van der Waals surface area contributed by atoms with Gasteiger partial charge in [0.25, 0.3) is 0 Å². The Balaban J connectivity index is 2.69. The van der Waals surface area contributed by atoms with E-state index in [9.17, 15) is 4.39 Å². The summed E-state index contributed by atoms with van der Waals surface area (Å²) in [6.45, 7) is 2.63. The molecule has 0 unspecified atom stereocenters. The Morgan fingerprint density at radius 3 is 2.83 bits per heavy atom. The van der Waals surface area contributed by atoms with Crippen LogP contribution in [-0.4, -0.2) is 6.61 Å². The molecule has 0 heterocycles. The van der Waals surface area contributed by atoms with Gasteiger partial charge in [-0.3, -0.25) is 0 Å². The van der Waals surface area contributed by atoms with Gasteiger partial charge in [-0.2, -0.15) is 0 Å². The van der Waals surface area contributed by atoms with E-state index in [1.54, 1.807) is 6.07 Å². The van der Waals surface area contributed by atoms with Gasteiger partial charge in [0.1, 0.15) is 11.6 Å². The highest BCUT2D eigenvalue weighted by atomic mass is 35.5. The molecule has 0 aliphatic carbocycles. The number of benzene rings is 1. The van der Waals surface area contributed by atoms with Crippen molar-refractivity contribution in [1.82, 2.24) is 0 Å². The highest BCUT2D eigenvalue weighted by molar-refractivity contribution is 6.30. The second-order valence-corrected chi connectivity index (χ2v) is 2.83. The van der Waals surface area contributed by atoms with Crippen LogP contribution in [-0.2, 0) is 0 Å². The Bertz CT molecular complexity index is 263. The van der Waals surface area contributed by atoms with E-state index in [1.807, 2.05) is 6.92 Å². The van der Waals surface area contributed by atoms with Crippen molar-refractivity contribution in [2.24, 2.45) is 0 Å². The van der Waals surface area contributed by atoms with Gasteiger partial charge in [-0.15, -0.1) is 0 Å². The van der Waals surface area contributed by atoms with Crippen molar-refractivity contribution >= 4 is 11.6 Å². The van der Waals surface area contributed by atoms with E-state index in [-0.39, 0.29) is 5.02 Å². The Labute approximate surface area is 76.1 Å². The van der Waals surface area contributed by atoms with E-state index in [0.29, 0.717) is 12.4 Å². The minimum Gasteiger partial charge on any atom is -0.494 e. The molecule has 0 bridgehead atoms. The highest BCUT2D eigenvalue weighted by Gasteiger charge is 2.00. The van der Waals surface area contributed by atoms with E-state index >= 15 is 0 Å². The predicted octanol–water partition coefficient (Wildman–Crippen LogP) is 3.27. The molecule has 0 aliphatic heterocycles. The first-order chi connectivity index (χ1) is 5.74. The summed E-state index contributed by atoms with van der Waals surface area (Å²) < 4.78 is 17.9. The first kappa shape index (κ1) is 9.33. The summed E-state index contributed by atoms with van der Waals surface area (Å²) in [5.74, 6) is 0.198. The minimum atomic E-state index is -0.416. The molecular formula is C9H10ClFO. The van der Waals surface area contributed by atoms with Crippen molar-refractivity contribution in [1.29, 1.82) is 0 Å². The number of ether oxygens (including phenoxy) is 1. The molecule has 0 saturated carbocycles. The molecule has 1 rings (SSSR count). The van der Waals surface area contributed by atoms with Crippen LogP contribution in [0.15, 0.2) is 18.2 Å². The monoisotopic (exact) mass is 188 g/mol. The summed E-state index contributed by atoms with van der Waals surface area (Å²) in [5.41, 5.74) is 0. The van der Waals surface area contributed by atoms with E-state index < -0.39 is 5.82 Å². The predicted molar refractivity (Wildman–Crippen MR) is 47.2 cm³/mol. The van der Waals surface area contributed by atoms with Crippen molar-refractivity contribution < 1.29 is 9.13 Å².